The molecule has 0 unspecified atom stereocenters. The number of rotatable bonds is 7. The van der Waals surface area contributed by atoms with Gasteiger partial charge in [0.1, 0.15) is 5.69 Å². The molecule has 3 aromatic carbocycles. The van der Waals surface area contributed by atoms with Crippen LogP contribution >= 0.6 is 11.6 Å². The van der Waals surface area contributed by atoms with Crippen molar-refractivity contribution in [3.8, 4) is 11.1 Å². The quantitative estimate of drug-likeness (QED) is 0.358. The zero-order valence-electron chi connectivity index (χ0n) is 17.1. The Kier molecular flexibility index (Phi) is 6.25. The van der Waals surface area contributed by atoms with Crippen LogP contribution in [0.4, 0.5) is 5.69 Å². The molecular formula is C25H21ClN2O4. The van der Waals surface area contributed by atoms with Crippen LogP contribution in [0, 0.1) is 0 Å². The number of halogens is 1. The SMILES string of the molecule is O=C(O)c1cccc(Cl)c1NC(=O)c1cc2cc(-c3ccccc3)ccc2n1CCCO. The number of aliphatic hydroxyl groups excluding tert-OH is 1. The predicted molar refractivity (Wildman–Crippen MR) is 125 cm³/mol. The Morgan fingerprint density at radius 1 is 0.938 bits per heavy atom. The summed E-state index contributed by atoms with van der Waals surface area (Å²) in [6.07, 6.45) is 0.469. The molecule has 0 saturated heterocycles. The van der Waals surface area contributed by atoms with Gasteiger partial charge in [0.05, 0.1) is 16.3 Å². The van der Waals surface area contributed by atoms with E-state index in [-0.39, 0.29) is 22.9 Å². The fourth-order valence-corrected chi connectivity index (χ4v) is 3.97. The molecule has 6 nitrogen and oxygen atoms in total. The number of aryl methyl sites for hydroxylation is 1. The molecule has 0 aliphatic heterocycles. The van der Waals surface area contributed by atoms with Gasteiger partial charge >= 0.3 is 5.97 Å². The van der Waals surface area contributed by atoms with Gasteiger partial charge < -0.3 is 20.1 Å². The van der Waals surface area contributed by atoms with Gasteiger partial charge in [-0.25, -0.2) is 4.79 Å². The number of carboxylic acid groups (broad SMARTS) is 1. The topological polar surface area (TPSA) is 91.6 Å². The maximum atomic E-state index is 13.2. The van der Waals surface area contributed by atoms with Gasteiger partial charge in [-0.3, -0.25) is 4.79 Å². The molecule has 32 heavy (non-hydrogen) atoms. The summed E-state index contributed by atoms with van der Waals surface area (Å²) in [5.41, 5.74) is 3.25. The van der Waals surface area contributed by atoms with Crippen LogP contribution in [0.25, 0.3) is 22.0 Å². The monoisotopic (exact) mass is 448 g/mol. The molecule has 0 aliphatic carbocycles. The first kappa shape index (κ1) is 21.6. The maximum absolute atomic E-state index is 13.2. The number of carboxylic acids is 1. The van der Waals surface area contributed by atoms with Crippen LogP contribution in [-0.2, 0) is 6.54 Å². The second-order valence-corrected chi connectivity index (χ2v) is 7.73. The van der Waals surface area contributed by atoms with Crippen LogP contribution in [-0.4, -0.2) is 33.3 Å². The molecule has 0 bridgehead atoms. The van der Waals surface area contributed by atoms with Crippen LogP contribution in [0.2, 0.25) is 5.02 Å². The van der Waals surface area contributed by atoms with E-state index in [0.717, 1.165) is 22.0 Å². The van der Waals surface area contributed by atoms with E-state index in [4.69, 9.17) is 11.6 Å². The van der Waals surface area contributed by atoms with Crippen LogP contribution in [0.1, 0.15) is 27.3 Å². The normalized spacial score (nSPS) is 10.9. The van der Waals surface area contributed by atoms with Crippen molar-refractivity contribution < 1.29 is 19.8 Å². The molecule has 1 amide bonds. The summed E-state index contributed by atoms with van der Waals surface area (Å²) in [4.78, 5) is 24.8. The number of aromatic nitrogens is 1. The van der Waals surface area contributed by atoms with Crippen molar-refractivity contribution in [1.82, 2.24) is 4.57 Å². The average Bonchev–Trinajstić information content (AvgIpc) is 3.17. The van der Waals surface area contributed by atoms with Gasteiger partial charge in [0, 0.05) is 24.1 Å². The van der Waals surface area contributed by atoms with Crippen LogP contribution < -0.4 is 5.32 Å². The number of hydrogen-bond donors (Lipinski definition) is 3. The molecule has 0 fully saturated rings. The largest absolute Gasteiger partial charge is 0.478 e. The van der Waals surface area contributed by atoms with E-state index in [1.165, 1.54) is 18.2 Å². The summed E-state index contributed by atoms with van der Waals surface area (Å²) in [5, 5.41) is 22.5. The highest BCUT2D eigenvalue weighted by molar-refractivity contribution is 6.35. The zero-order valence-corrected chi connectivity index (χ0v) is 17.8. The van der Waals surface area contributed by atoms with Gasteiger partial charge in [-0.1, -0.05) is 54.1 Å². The lowest BCUT2D eigenvalue weighted by atomic mass is 10.0. The van der Waals surface area contributed by atoms with Gasteiger partial charge in [0.25, 0.3) is 5.91 Å². The Morgan fingerprint density at radius 2 is 1.72 bits per heavy atom. The van der Waals surface area contributed by atoms with E-state index in [9.17, 15) is 19.8 Å². The van der Waals surface area contributed by atoms with E-state index in [0.29, 0.717) is 18.7 Å². The van der Waals surface area contributed by atoms with Gasteiger partial charge in [-0.2, -0.15) is 0 Å². The van der Waals surface area contributed by atoms with E-state index >= 15 is 0 Å². The predicted octanol–water partition coefficient (Wildman–Crippen LogP) is 5.29. The summed E-state index contributed by atoms with van der Waals surface area (Å²) >= 11 is 6.18. The number of amides is 1. The molecule has 4 aromatic rings. The number of carbonyl (C=O) groups excluding carboxylic acids is 1. The highest BCUT2D eigenvalue weighted by atomic mass is 35.5. The van der Waals surface area contributed by atoms with Crippen molar-refractivity contribution in [1.29, 1.82) is 0 Å². The molecule has 162 valence electrons. The van der Waals surface area contributed by atoms with Crippen molar-refractivity contribution in [2.75, 3.05) is 11.9 Å². The van der Waals surface area contributed by atoms with Crippen LogP contribution in [0.15, 0.2) is 72.8 Å². The third-order valence-electron chi connectivity index (χ3n) is 5.26. The Labute approximate surface area is 189 Å². The van der Waals surface area contributed by atoms with Gasteiger partial charge in [0.2, 0.25) is 0 Å². The summed E-state index contributed by atoms with van der Waals surface area (Å²) in [5.74, 6) is -1.66. The zero-order chi connectivity index (χ0) is 22.7. The number of benzene rings is 3. The van der Waals surface area contributed by atoms with E-state index in [2.05, 4.69) is 5.32 Å². The number of aromatic carboxylic acids is 1. The molecule has 7 heteroatoms. The summed E-state index contributed by atoms with van der Waals surface area (Å²) in [6, 6.07) is 22.1. The first-order valence-corrected chi connectivity index (χ1v) is 10.5. The highest BCUT2D eigenvalue weighted by Crippen LogP contribution is 2.30. The number of nitrogens with one attached hydrogen (secondary N) is 1. The second-order valence-electron chi connectivity index (χ2n) is 7.32. The minimum Gasteiger partial charge on any atom is -0.478 e. The number of fused-ring (bicyclic) bond motifs is 1. The van der Waals surface area contributed by atoms with Crippen molar-refractivity contribution in [3.05, 3.63) is 89.1 Å². The first-order chi connectivity index (χ1) is 15.5. The second kappa shape index (κ2) is 9.26. The number of para-hydroxylation sites is 1. The van der Waals surface area contributed by atoms with E-state index in [1.54, 1.807) is 6.07 Å². The molecule has 1 aromatic heterocycles. The Balaban J connectivity index is 1.77. The number of nitrogens with zero attached hydrogens (tertiary/aromatic N) is 1. The summed E-state index contributed by atoms with van der Waals surface area (Å²) in [7, 11) is 0. The third kappa shape index (κ3) is 4.23. The minimum absolute atomic E-state index is 0.0174. The lowest BCUT2D eigenvalue weighted by Gasteiger charge is -2.13. The van der Waals surface area contributed by atoms with Crippen molar-refractivity contribution in [2.24, 2.45) is 0 Å². The lowest BCUT2D eigenvalue weighted by Crippen LogP contribution is -2.19. The molecule has 0 atom stereocenters. The third-order valence-corrected chi connectivity index (χ3v) is 5.58. The molecule has 0 saturated carbocycles. The number of hydrogen-bond acceptors (Lipinski definition) is 3. The molecule has 4 rings (SSSR count). The van der Waals surface area contributed by atoms with Crippen molar-refractivity contribution >= 4 is 40.1 Å². The average molecular weight is 449 g/mol. The van der Waals surface area contributed by atoms with Gasteiger partial charge in [-0.15, -0.1) is 0 Å². The number of aliphatic hydroxyl groups is 1. The molecule has 0 radical (unpaired) electrons. The van der Waals surface area contributed by atoms with Crippen molar-refractivity contribution in [3.63, 3.8) is 0 Å². The fourth-order valence-electron chi connectivity index (χ4n) is 3.75. The Hall–Kier alpha value is -3.61. The van der Waals surface area contributed by atoms with Gasteiger partial charge in [0.15, 0.2) is 0 Å². The molecule has 1 heterocycles. The summed E-state index contributed by atoms with van der Waals surface area (Å²) in [6.45, 7) is 0.415. The molecular weight excluding hydrogens is 428 g/mol. The lowest BCUT2D eigenvalue weighted by molar-refractivity contribution is 0.0698. The van der Waals surface area contributed by atoms with E-state index in [1.807, 2.05) is 53.1 Å². The minimum atomic E-state index is -1.18. The van der Waals surface area contributed by atoms with E-state index < -0.39 is 11.9 Å². The highest BCUT2D eigenvalue weighted by Gasteiger charge is 2.20. The molecule has 3 N–H and O–H groups in total. The Bertz CT molecular complexity index is 1300. The number of carbonyl (C=O) groups is 2. The smallest absolute Gasteiger partial charge is 0.337 e. The van der Waals surface area contributed by atoms with Crippen LogP contribution in [0.3, 0.4) is 0 Å². The summed E-state index contributed by atoms with van der Waals surface area (Å²) < 4.78 is 1.83. The first-order valence-electron chi connectivity index (χ1n) is 10.1. The standard InChI is InChI=1S/C25H21ClN2O4/c26-20-9-4-8-19(25(31)32)23(20)27-24(30)22-15-18-14-17(16-6-2-1-3-7-16)10-11-21(18)28(22)12-5-13-29/h1-4,6-11,14-15,29H,5,12-13H2,(H,27,30)(H,31,32). The maximum Gasteiger partial charge on any atom is 0.337 e. The Morgan fingerprint density at radius 3 is 2.44 bits per heavy atom. The molecule has 0 spiro atoms. The van der Waals surface area contributed by atoms with Crippen molar-refractivity contribution in [2.45, 2.75) is 13.0 Å². The van der Waals surface area contributed by atoms with Gasteiger partial charge in [-0.05, 0) is 47.9 Å². The van der Waals surface area contributed by atoms with Crippen LogP contribution in [0.5, 0.6) is 0 Å². The molecule has 0 aliphatic rings. The fraction of sp³-hybridized carbons (Fsp3) is 0.120. The number of anilines is 1.